The topological polar surface area (TPSA) is 86.4 Å². The van der Waals surface area contributed by atoms with Gasteiger partial charge in [0, 0.05) is 29.7 Å². The maximum absolute atomic E-state index is 14.4. The number of halogens is 1. The molecule has 1 atom stereocenters. The van der Waals surface area contributed by atoms with Gasteiger partial charge in [0.25, 0.3) is 5.56 Å². The van der Waals surface area contributed by atoms with Gasteiger partial charge >= 0.3 is 0 Å². The second-order valence-electron chi connectivity index (χ2n) is 6.13. The zero-order valence-electron chi connectivity index (χ0n) is 15.6. The third-order valence-corrected chi connectivity index (χ3v) is 5.46. The van der Waals surface area contributed by atoms with Crippen molar-refractivity contribution >= 4 is 27.7 Å². The number of nitrogens with zero attached hydrogens (tertiary/aromatic N) is 2. The second-order valence-corrected chi connectivity index (χ2v) is 7.34. The highest BCUT2D eigenvalue weighted by Crippen LogP contribution is 2.28. The van der Waals surface area contributed by atoms with Gasteiger partial charge in [-0.3, -0.25) is 14.1 Å². The minimum Gasteiger partial charge on any atom is -0.495 e. The van der Waals surface area contributed by atoms with Crippen LogP contribution in [0.4, 0.5) is 10.2 Å². The van der Waals surface area contributed by atoms with Gasteiger partial charge in [0.05, 0.1) is 28.8 Å². The van der Waals surface area contributed by atoms with Gasteiger partial charge in [-0.15, -0.1) is 6.42 Å². The van der Waals surface area contributed by atoms with E-state index in [4.69, 9.17) is 15.7 Å². The first-order valence-corrected chi connectivity index (χ1v) is 9.76. The van der Waals surface area contributed by atoms with Crippen molar-refractivity contribution in [3.63, 3.8) is 0 Å². The highest BCUT2D eigenvalue weighted by atomic mass is 32.2. The number of rotatable bonds is 5. The predicted octanol–water partition coefficient (Wildman–Crippen LogP) is 3.24. The van der Waals surface area contributed by atoms with Crippen LogP contribution in [0.25, 0.3) is 16.6 Å². The number of hydrogen-bond acceptors (Lipinski definition) is 5. The third kappa shape index (κ3) is 3.44. The standard InChI is InChI=1S/C21H14FN3O4S/c1-3-13-11-19(28-2)18(12-16(13)22)25-17-6-5-15(10-14(17)4-7-21(25)26)30(27)24-20-8-9-29-23-20/h1,4-12H,2H3,(H,23,24). The molecule has 0 spiro atoms. The predicted molar refractivity (Wildman–Crippen MR) is 111 cm³/mol. The fraction of sp³-hybridized carbons (Fsp3) is 0.0476. The Morgan fingerprint density at radius 2 is 2.07 bits per heavy atom. The van der Waals surface area contributed by atoms with Crippen molar-refractivity contribution in [1.29, 1.82) is 0 Å². The van der Waals surface area contributed by atoms with Gasteiger partial charge < -0.3 is 9.26 Å². The lowest BCUT2D eigenvalue weighted by atomic mass is 10.1. The highest BCUT2D eigenvalue weighted by molar-refractivity contribution is 7.86. The maximum Gasteiger partial charge on any atom is 0.255 e. The van der Waals surface area contributed by atoms with Crippen molar-refractivity contribution in [2.24, 2.45) is 0 Å². The summed E-state index contributed by atoms with van der Waals surface area (Å²) in [5.41, 5.74) is 0.332. The molecule has 4 aromatic rings. The SMILES string of the molecule is C#Cc1cc(OC)c(-n2c(=O)ccc3cc(S(=O)Nc4ccon4)ccc32)cc1F. The van der Waals surface area contributed by atoms with Crippen LogP contribution < -0.4 is 15.0 Å². The molecule has 0 saturated heterocycles. The van der Waals surface area contributed by atoms with Gasteiger partial charge in [0.2, 0.25) is 0 Å². The van der Waals surface area contributed by atoms with E-state index in [2.05, 4.69) is 15.8 Å². The summed E-state index contributed by atoms with van der Waals surface area (Å²) in [6, 6.07) is 11.9. The Balaban J connectivity index is 1.85. The van der Waals surface area contributed by atoms with E-state index in [0.717, 1.165) is 6.07 Å². The van der Waals surface area contributed by atoms with Gasteiger partial charge in [-0.05, 0) is 24.3 Å². The number of benzene rings is 2. The molecule has 150 valence electrons. The van der Waals surface area contributed by atoms with Crippen LogP contribution in [0.2, 0.25) is 0 Å². The average molecular weight is 423 g/mol. The van der Waals surface area contributed by atoms with Crippen molar-refractivity contribution < 1.29 is 17.9 Å². The molecule has 2 heterocycles. The maximum atomic E-state index is 14.4. The first-order chi connectivity index (χ1) is 14.5. The van der Waals surface area contributed by atoms with Crippen LogP contribution in [0.3, 0.4) is 0 Å². The van der Waals surface area contributed by atoms with E-state index in [1.165, 1.54) is 36.1 Å². The molecule has 30 heavy (non-hydrogen) atoms. The van der Waals surface area contributed by atoms with Crippen LogP contribution in [0.1, 0.15) is 5.56 Å². The molecule has 0 amide bonds. The molecular formula is C21H14FN3O4S. The Bertz CT molecular complexity index is 1370. The number of pyridine rings is 1. The molecule has 0 aliphatic heterocycles. The van der Waals surface area contributed by atoms with Gasteiger partial charge in [-0.1, -0.05) is 11.1 Å². The summed E-state index contributed by atoms with van der Waals surface area (Å²) in [5, 5.41) is 4.28. The lowest BCUT2D eigenvalue weighted by molar-refractivity contribution is 0.411. The Kier molecular flexibility index (Phi) is 5.08. The molecule has 2 aromatic heterocycles. The largest absolute Gasteiger partial charge is 0.495 e. The summed E-state index contributed by atoms with van der Waals surface area (Å²) in [6.45, 7) is 0. The van der Waals surface area contributed by atoms with Gasteiger partial charge in [0.1, 0.15) is 17.8 Å². The fourth-order valence-electron chi connectivity index (χ4n) is 3.00. The number of hydrogen-bond donors (Lipinski definition) is 1. The molecule has 0 aliphatic carbocycles. The van der Waals surface area contributed by atoms with Gasteiger partial charge in [-0.25, -0.2) is 8.60 Å². The number of aromatic nitrogens is 2. The number of anilines is 1. The van der Waals surface area contributed by atoms with Gasteiger partial charge in [0.15, 0.2) is 16.8 Å². The molecule has 7 nitrogen and oxygen atoms in total. The van der Waals surface area contributed by atoms with E-state index in [-0.39, 0.29) is 22.6 Å². The Labute approximate surface area is 172 Å². The Morgan fingerprint density at radius 1 is 1.23 bits per heavy atom. The summed E-state index contributed by atoms with van der Waals surface area (Å²) in [6.07, 6.45) is 6.68. The zero-order chi connectivity index (χ0) is 21.3. The summed E-state index contributed by atoms with van der Waals surface area (Å²) in [4.78, 5) is 13.1. The first-order valence-electron chi connectivity index (χ1n) is 8.61. The quantitative estimate of drug-likeness (QED) is 0.498. The van der Waals surface area contributed by atoms with Crippen molar-refractivity contribution in [1.82, 2.24) is 9.72 Å². The molecule has 1 unspecified atom stereocenters. The van der Waals surface area contributed by atoms with E-state index in [0.29, 0.717) is 21.6 Å². The second kappa shape index (κ2) is 7.85. The van der Waals surface area contributed by atoms with Crippen molar-refractivity contribution in [3.8, 4) is 23.8 Å². The van der Waals surface area contributed by atoms with Crippen LogP contribution in [-0.4, -0.2) is 21.0 Å². The Morgan fingerprint density at radius 3 is 2.77 bits per heavy atom. The monoisotopic (exact) mass is 423 g/mol. The van der Waals surface area contributed by atoms with Crippen LogP contribution in [0.15, 0.2) is 69.0 Å². The number of methoxy groups -OCH3 is 1. The van der Waals surface area contributed by atoms with Gasteiger partial charge in [-0.2, -0.15) is 0 Å². The summed E-state index contributed by atoms with van der Waals surface area (Å²) >= 11 is 0. The van der Waals surface area contributed by atoms with E-state index in [1.807, 2.05) is 0 Å². The summed E-state index contributed by atoms with van der Waals surface area (Å²) < 4.78 is 41.0. The third-order valence-electron chi connectivity index (χ3n) is 4.38. The molecule has 4 rings (SSSR count). The van der Waals surface area contributed by atoms with Crippen LogP contribution in [0, 0.1) is 18.2 Å². The summed E-state index contributed by atoms with van der Waals surface area (Å²) in [5.74, 6) is 2.17. The van der Waals surface area contributed by atoms with E-state index >= 15 is 0 Å². The lowest BCUT2D eigenvalue weighted by Gasteiger charge is -2.15. The molecule has 0 saturated carbocycles. The fourth-order valence-corrected chi connectivity index (χ4v) is 3.84. The van der Waals surface area contributed by atoms with Crippen LogP contribution in [0.5, 0.6) is 5.75 Å². The number of ether oxygens (including phenoxy) is 1. The van der Waals surface area contributed by atoms with Crippen molar-refractivity contribution in [2.45, 2.75) is 4.90 Å². The normalized spacial score (nSPS) is 11.8. The molecule has 9 heteroatoms. The molecule has 0 bridgehead atoms. The minimum absolute atomic E-state index is 0.0282. The molecule has 0 fully saturated rings. The molecular weight excluding hydrogens is 409 g/mol. The molecule has 0 radical (unpaired) electrons. The highest BCUT2D eigenvalue weighted by Gasteiger charge is 2.16. The van der Waals surface area contributed by atoms with Crippen LogP contribution in [-0.2, 0) is 11.0 Å². The summed E-state index contributed by atoms with van der Waals surface area (Å²) in [7, 11) is -0.199. The first kappa shape index (κ1) is 19.4. The average Bonchev–Trinajstić information content (AvgIpc) is 3.26. The number of terminal acetylenes is 1. The van der Waals surface area contributed by atoms with Crippen molar-refractivity contribution in [2.75, 3.05) is 11.8 Å². The number of fused-ring (bicyclic) bond motifs is 1. The lowest BCUT2D eigenvalue weighted by Crippen LogP contribution is -2.18. The smallest absolute Gasteiger partial charge is 0.255 e. The molecule has 2 aromatic carbocycles. The molecule has 0 aliphatic rings. The van der Waals surface area contributed by atoms with E-state index in [1.54, 1.807) is 24.3 Å². The number of nitrogens with one attached hydrogen (secondary N) is 1. The molecule has 1 N–H and O–H groups in total. The Hall–Kier alpha value is -3.90. The van der Waals surface area contributed by atoms with Crippen molar-refractivity contribution in [3.05, 3.63) is 76.5 Å². The van der Waals surface area contributed by atoms with E-state index in [9.17, 15) is 13.4 Å². The van der Waals surface area contributed by atoms with E-state index < -0.39 is 16.8 Å². The zero-order valence-corrected chi connectivity index (χ0v) is 16.4. The minimum atomic E-state index is -1.61. The van der Waals surface area contributed by atoms with Crippen LogP contribution >= 0.6 is 0 Å².